The van der Waals surface area contributed by atoms with Crippen LogP contribution in [-0.2, 0) is 4.74 Å². The number of likely N-dealkylation sites (tertiary alicyclic amines) is 1. The molecular weight excluding hydrogens is 176 g/mol. The van der Waals surface area contributed by atoms with Crippen LogP contribution in [0.2, 0.25) is 0 Å². The summed E-state index contributed by atoms with van der Waals surface area (Å²) < 4.78 is 5.49. The van der Waals surface area contributed by atoms with Crippen molar-refractivity contribution in [3.8, 4) is 0 Å². The van der Waals surface area contributed by atoms with Crippen LogP contribution < -0.4 is 5.32 Å². The summed E-state index contributed by atoms with van der Waals surface area (Å²) in [6, 6.07) is 0.726. The summed E-state index contributed by atoms with van der Waals surface area (Å²) >= 11 is 0. The Morgan fingerprint density at radius 2 is 2.36 bits per heavy atom. The highest BCUT2D eigenvalue weighted by atomic mass is 16.5. The number of hydrogen-bond acceptors (Lipinski definition) is 3. The van der Waals surface area contributed by atoms with E-state index in [2.05, 4.69) is 10.2 Å². The molecule has 14 heavy (non-hydrogen) atoms. The minimum atomic E-state index is 0.524. The summed E-state index contributed by atoms with van der Waals surface area (Å²) in [6.45, 7) is 5.68. The fourth-order valence-corrected chi connectivity index (χ4v) is 3.31. The number of nitrogens with zero attached hydrogens (tertiary/aromatic N) is 1. The molecule has 0 aliphatic carbocycles. The Bertz CT molecular complexity index is 207. The summed E-state index contributed by atoms with van der Waals surface area (Å²) in [5, 5.41) is 3.55. The quantitative estimate of drug-likeness (QED) is 0.665. The van der Waals surface area contributed by atoms with Gasteiger partial charge in [-0.2, -0.15) is 0 Å². The lowest BCUT2D eigenvalue weighted by Gasteiger charge is -2.57. The summed E-state index contributed by atoms with van der Waals surface area (Å²) in [4.78, 5) is 2.71. The Balaban J connectivity index is 1.68. The third kappa shape index (κ3) is 1.30. The Labute approximate surface area is 85.8 Å². The van der Waals surface area contributed by atoms with E-state index < -0.39 is 0 Å². The van der Waals surface area contributed by atoms with Gasteiger partial charge < -0.3 is 10.1 Å². The first-order valence-electron chi connectivity index (χ1n) is 5.96. The topological polar surface area (TPSA) is 24.5 Å². The number of piperidine rings is 1. The van der Waals surface area contributed by atoms with Gasteiger partial charge in [0, 0.05) is 31.3 Å². The van der Waals surface area contributed by atoms with E-state index in [1.807, 2.05) is 0 Å². The van der Waals surface area contributed by atoms with Gasteiger partial charge in [0.05, 0.1) is 6.61 Å². The SMILES string of the molecule is C1CNC[C@]2(C1)CCN2[C@@H]1CCOC1. The van der Waals surface area contributed by atoms with Gasteiger partial charge in [0.1, 0.15) is 0 Å². The first kappa shape index (κ1) is 9.13. The number of hydrogen-bond donors (Lipinski definition) is 1. The molecule has 3 aliphatic rings. The monoisotopic (exact) mass is 196 g/mol. The van der Waals surface area contributed by atoms with Crippen LogP contribution in [0.1, 0.15) is 25.7 Å². The summed E-state index contributed by atoms with van der Waals surface area (Å²) in [7, 11) is 0. The Morgan fingerprint density at radius 3 is 2.93 bits per heavy atom. The standard InChI is InChI=1S/C11H20N2O/c1-3-11(9-12-5-1)4-6-13(11)10-2-7-14-8-10/h10,12H,1-9H2/t10-,11+/m1/s1. The van der Waals surface area contributed by atoms with Crippen LogP contribution in [0.3, 0.4) is 0 Å². The predicted octanol–water partition coefficient (Wildman–Crippen LogP) is 0.603. The molecule has 3 fully saturated rings. The second-order valence-corrected chi connectivity index (χ2v) is 4.97. The van der Waals surface area contributed by atoms with E-state index in [0.717, 1.165) is 19.3 Å². The summed E-state index contributed by atoms with van der Waals surface area (Å²) in [5.74, 6) is 0. The zero-order valence-electron chi connectivity index (χ0n) is 8.80. The molecule has 3 nitrogen and oxygen atoms in total. The molecule has 0 saturated carbocycles. The molecule has 80 valence electrons. The average molecular weight is 196 g/mol. The van der Waals surface area contributed by atoms with Gasteiger partial charge in [0.2, 0.25) is 0 Å². The van der Waals surface area contributed by atoms with Crippen molar-refractivity contribution in [3.05, 3.63) is 0 Å². The first-order chi connectivity index (χ1) is 6.91. The lowest BCUT2D eigenvalue weighted by Crippen LogP contribution is -2.69. The largest absolute Gasteiger partial charge is 0.380 e. The van der Waals surface area contributed by atoms with E-state index in [1.165, 1.54) is 45.3 Å². The van der Waals surface area contributed by atoms with Crippen molar-refractivity contribution in [2.24, 2.45) is 0 Å². The highest BCUT2D eigenvalue weighted by Gasteiger charge is 2.48. The molecule has 3 heteroatoms. The fraction of sp³-hybridized carbons (Fsp3) is 1.00. The minimum Gasteiger partial charge on any atom is -0.380 e. The van der Waals surface area contributed by atoms with Crippen molar-refractivity contribution in [2.45, 2.75) is 37.3 Å². The van der Waals surface area contributed by atoms with Crippen LogP contribution in [0, 0.1) is 0 Å². The third-order valence-electron chi connectivity index (χ3n) is 4.22. The number of rotatable bonds is 1. The Kier molecular flexibility index (Phi) is 2.26. The van der Waals surface area contributed by atoms with Crippen molar-refractivity contribution >= 4 is 0 Å². The molecule has 3 heterocycles. The van der Waals surface area contributed by atoms with Gasteiger partial charge in [-0.15, -0.1) is 0 Å². The van der Waals surface area contributed by atoms with E-state index >= 15 is 0 Å². The van der Waals surface area contributed by atoms with Gasteiger partial charge in [0.25, 0.3) is 0 Å². The smallest absolute Gasteiger partial charge is 0.0622 e. The molecule has 0 radical (unpaired) electrons. The third-order valence-corrected chi connectivity index (χ3v) is 4.22. The highest BCUT2D eigenvalue weighted by Crippen LogP contribution is 2.39. The lowest BCUT2D eigenvalue weighted by atomic mass is 9.77. The van der Waals surface area contributed by atoms with Gasteiger partial charge >= 0.3 is 0 Å². The zero-order valence-corrected chi connectivity index (χ0v) is 8.80. The lowest BCUT2D eigenvalue weighted by molar-refractivity contribution is -0.0653. The zero-order chi connectivity index (χ0) is 9.43. The highest BCUT2D eigenvalue weighted by molar-refractivity contribution is 5.05. The van der Waals surface area contributed by atoms with E-state index in [1.54, 1.807) is 0 Å². The second kappa shape index (κ2) is 3.47. The first-order valence-corrected chi connectivity index (χ1v) is 5.96. The molecule has 3 rings (SSSR count). The van der Waals surface area contributed by atoms with Crippen molar-refractivity contribution < 1.29 is 4.74 Å². The van der Waals surface area contributed by atoms with Crippen LogP contribution in [0.5, 0.6) is 0 Å². The van der Waals surface area contributed by atoms with Crippen molar-refractivity contribution in [3.63, 3.8) is 0 Å². The van der Waals surface area contributed by atoms with Crippen molar-refractivity contribution in [2.75, 3.05) is 32.8 Å². The number of nitrogens with one attached hydrogen (secondary N) is 1. The van der Waals surface area contributed by atoms with E-state index in [-0.39, 0.29) is 0 Å². The Morgan fingerprint density at radius 1 is 1.36 bits per heavy atom. The molecule has 0 aromatic carbocycles. The van der Waals surface area contributed by atoms with Gasteiger partial charge in [0.15, 0.2) is 0 Å². The van der Waals surface area contributed by atoms with Gasteiger partial charge in [-0.05, 0) is 32.2 Å². The molecule has 0 amide bonds. The molecule has 3 aliphatic heterocycles. The molecule has 0 aromatic heterocycles. The molecule has 1 N–H and O–H groups in total. The van der Waals surface area contributed by atoms with Crippen LogP contribution in [0.4, 0.5) is 0 Å². The molecule has 0 bridgehead atoms. The maximum absolute atomic E-state index is 5.49. The maximum atomic E-state index is 5.49. The normalized spacial score (nSPS) is 44.1. The molecule has 0 aromatic rings. The molecule has 0 unspecified atom stereocenters. The summed E-state index contributed by atoms with van der Waals surface area (Å²) in [6.07, 6.45) is 5.40. The van der Waals surface area contributed by atoms with Crippen LogP contribution in [0.15, 0.2) is 0 Å². The Hall–Kier alpha value is -0.120. The van der Waals surface area contributed by atoms with E-state index in [4.69, 9.17) is 4.74 Å². The van der Waals surface area contributed by atoms with Crippen LogP contribution >= 0.6 is 0 Å². The fourth-order valence-electron chi connectivity index (χ4n) is 3.31. The van der Waals surface area contributed by atoms with E-state index in [0.29, 0.717) is 5.54 Å². The predicted molar refractivity (Wildman–Crippen MR) is 55.4 cm³/mol. The van der Waals surface area contributed by atoms with Gasteiger partial charge in [-0.25, -0.2) is 0 Å². The molecule has 3 saturated heterocycles. The molecule has 2 atom stereocenters. The van der Waals surface area contributed by atoms with Crippen LogP contribution in [0.25, 0.3) is 0 Å². The number of ether oxygens (including phenoxy) is 1. The molecular formula is C11H20N2O. The van der Waals surface area contributed by atoms with Crippen molar-refractivity contribution in [1.29, 1.82) is 0 Å². The maximum Gasteiger partial charge on any atom is 0.0622 e. The van der Waals surface area contributed by atoms with Crippen LogP contribution in [-0.4, -0.2) is 49.3 Å². The van der Waals surface area contributed by atoms with E-state index in [9.17, 15) is 0 Å². The summed E-state index contributed by atoms with van der Waals surface area (Å²) in [5.41, 5.74) is 0.524. The van der Waals surface area contributed by atoms with Gasteiger partial charge in [-0.3, -0.25) is 4.90 Å². The minimum absolute atomic E-state index is 0.524. The van der Waals surface area contributed by atoms with Crippen molar-refractivity contribution in [1.82, 2.24) is 10.2 Å². The average Bonchev–Trinajstić information content (AvgIpc) is 2.71. The van der Waals surface area contributed by atoms with Gasteiger partial charge in [-0.1, -0.05) is 0 Å². The molecule has 1 spiro atoms. The second-order valence-electron chi connectivity index (χ2n) is 4.97.